The quantitative estimate of drug-likeness (QED) is 0.689. The first kappa shape index (κ1) is 14.2. The van der Waals surface area contributed by atoms with Crippen molar-refractivity contribution in [1.29, 1.82) is 0 Å². The third kappa shape index (κ3) is 2.29. The molecule has 1 fully saturated rings. The normalized spacial score (nSPS) is 14.9. The first-order valence-corrected chi connectivity index (χ1v) is 7.82. The monoisotopic (exact) mass is 313 g/mol. The molecule has 0 aliphatic heterocycles. The van der Waals surface area contributed by atoms with Gasteiger partial charge >= 0.3 is 0 Å². The van der Waals surface area contributed by atoms with E-state index >= 15 is 0 Å². The van der Waals surface area contributed by atoms with Gasteiger partial charge in [0.05, 0.1) is 18.3 Å². The van der Waals surface area contributed by atoms with Gasteiger partial charge in [-0.25, -0.2) is 8.78 Å². The van der Waals surface area contributed by atoms with Crippen LogP contribution in [0.5, 0.6) is 5.75 Å². The standard InChI is InChI=1S/C19H17F2NO/c1-23-14-7-5-12(6-8-14)18-17(11-3-2-4-11)15-9-13(20)10-16(21)19(15)22-18/h5-11,22H,2-4H2,1H3. The molecule has 0 radical (unpaired) electrons. The molecule has 0 spiro atoms. The first-order chi connectivity index (χ1) is 11.2. The van der Waals surface area contributed by atoms with Crippen LogP contribution in [0.3, 0.4) is 0 Å². The number of aromatic amines is 1. The second-order valence-corrected chi connectivity index (χ2v) is 6.08. The van der Waals surface area contributed by atoms with Gasteiger partial charge < -0.3 is 9.72 Å². The smallest absolute Gasteiger partial charge is 0.150 e. The second kappa shape index (κ2) is 5.37. The molecule has 0 saturated heterocycles. The fourth-order valence-corrected chi connectivity index (χ4v) is 3.35. The maximum absolute atomic E-state index is 14.2. The SMILES string of the molecule is COc1ccc(-c2[nH]c3c(F)cc(F)cc3c2C2CCC2)cc1. The average Bonchev–Trinajstić information content (AvgIpc) is 2.86. The highest BCUT2D eigenvalue weighted by molar-refractivity contribution is 5.92. The summed E-state index contributed by atoms with van der Waals surface area (Å²) >= 11 is 0. The molecule has 1 aliphatic rings. The Morgan fingerprint density at radius 3 is 2.43 bits per heavy atom. The van der Waals surface area contributed by atoms with Gasteiger partial charge in [-0.05, 0) is 60.2 Å². The zero-order chi connectivity index (χ0) is 16.0. The minimum absolute atomic E-state index is 0.363. The third-order valence-electron chi connectivity index (χ3n) is 4.76. The molecule has 1 aliphatic carbocycles. The Hall–Kier alpha value is -2.36. The largest absolute Gasteiger partial charge is 0.497 e. The molecule has 4 rings (SSSR count). The van der Waals surface area contributed by atoms with Gasteiger partial charge in [-0.1, -0.05) is 6.42 Å². The number of benzene rings is 2. The molecular weight excluding hydrogens is 296 g/mol. The summed E-state index contributed by atoms with van der Waals surface area (Å²) in [5.41, 5.74) is 3.27. The molecule has 0 atom stereocenters. The lowest BCUT2D eigenvalue weighted by Crippen LogP contribution is -2.09. The van der Waals surface area contributed by atoms with Crippen LogP contribution < -0.4 is 4.74 Å². The summed E-state index contributed by atoms with van der Waals surface area (Å²) in [4.78, 5) is 3.18. The number of fused-ring (bicyclic) bond motifs is 1. The van der Waals surface area contributed by atoms with Gasteiger partial charge in [0, 0.05) is 11.5 Å². The maximum Gasteiger partial charge on any atom is 0.150 e. The van der Waals surface area contributed by atoms with Gasteiger partial charge in [-0.15, -0.1) is 0 Å². The van der Waals surface area contributed by atoms with Crippen LogP contribution in [-0.2, 0) is 0 Å². The van der Waals surface area contributed by atoms with Gasteiger partial charge in [-0.2, -0.15) is 0 Å². The Morgan fingerprint density at radius 2 is 1.83 bits per heavy atom. The zero-order valence-corrected chi connectivity index (χ0v) is 12.8. The first-order valence-electron chi connectivity index (χ1n) is 7.82. The van der Waals surface area contributed by atoms with E-state index in [1.165, 1.54) is 6.07 Å². The zero-order valence-electron chi connectivity index (χ0n) is 12.8. The van der Waals surface area contributed by atoms with Gasteiger partial charge in [0.15, 0.2) is 0 Å². The molecule has 23 heavy (non-hydrogen) atoms. The molecule has 1 N–H and O–H groups in total. The van der Waals surface area contributed by atoms with E-state index in [4.69, 9.17) is 4.74 Å². The van der Waals surface area contributed by atoms with Crippen molar-refractivity contribution in [3.8, 4) is 17.0 Å². The molecule has 1 saturated carbocycles. The minimum Gasteiger partial charge on any atom is -0.497 e. The van der Waals surface area contributed by atoms with Crippen molar-refractivity contribution in [2.24, 2.45) is 0 Å². The number of ether oxygens (including phenoxy) is 1. The Labute approximate surface area is 133 Å². The number of H-pyrrole nitrogens is 1. The van der Waals surface area contributed by atoms with E-state index in [1.807, 2.05) is 24.3 Å². The summed E-state index contributed by atoms with van der Waals surface area (Å²) in [5.74, 6) is 0.0607. The molecule has 0 amide bonds. The van der Waals surface area contributed by atoms with Crippen molar-refractivity contribution in [1.82, 2.24) is 4.98 Å². The number of hydrogen-bond acceptors (Lipinski definition) is 1. The summed E-state index contributed by atoms with van der Waals surface area (Å²) in [7, 11) is 1.62. The molecule has 0 unspecified atom stereocenters. The van der Waals surface area contributed by atoms with Gasteiger partial charge in [0.2, 0.25) is 0 Å². The van der Waals surface area contributed by atoms with Crippen LogP contribution >= 0.6 is 0 Å². The Balaban J connectivity index is 1.95. The molecule has 3 aromatic rings. The Bertz CT molecular complexity index is 863. The van der Waals surface area contributed by atoms with Crippen molar-refractivity contribution >= 4 is 10.9 Å². The number of aromatic nitrogens is 1. The fraction of sp³-hybridized carbons (Fsp3) is 0.263. The van der Waals surface area contributed by atoms with Gasteiger partial charge in [0.1, 0.15) is 17.4 Å². The van der Waals surface area contributed by atoms with Crippen LogP contribution in [0.1, 0.15) is 30.7 Å². The van der Waals surface area contributed by atoms with Crippen LogP contribution in [0.15, 0.2) is 36.4 Å². The van der Waals surface area contributed by atoms with E-state index in [1.54, 1.807) is 7.11 Å². The Kier molecular flexibility index (Phi) is 3.33. The predicted octanol–water partition coefficient (Wildman–Crippen LogP) is 5.39. The Morgan fingerprint density at radius 1 is 1.09 bits per heavy atom. The van der Waals surface area contributed by atoms with Crippen molar-refractivity contribution in [3.63, 3.8) is 0 Å². The number of methoxy groups -OCH3 is 1. The molecule has 1 aromatic heterocycles. The summed E-state index contributed by atoms with van der Waals surface area (Å²) < 4.78 is 33.1. The molecule has 0 bridgehead atoms. The lowest BCUT2D eigenvalue weighted by atomic mass is 9.78. The molecule has 118 valence electrons. The lowest BCUT2D eigenvalue weighted by molar-refractivity contribution is 0.415. The molecular formula is C19H17F2NO. The van der Waals surface area contributed by atoms with Crippen molar-refractivity contribution in [2.75, 3.05) is 7.11 Å². The van der Waals surface area contributed by atoms with E-state index in [-0.39, 0.29) is 0 Å². The number of halogens is 2. The molecule has 1 heterocycles. The van der Waals surface area contributed by atoms with Gasteiger partial charge in [0.25, 0.3) is 0 Å². The highest BCUT2D eigenvalue weighted by atomic mass is 19.1. The number of hydrogen-bond donors (Lipinski definition) is 1. The van der Waals surface area contributed by atoms with Gasteiger partial charge in [-0.3, -0.25) is 0 Å². The van der Waals surface area contributed by atoms with E-state index in [2.05, 4.69) is 4.98 Å². The van der Waals surface area contributed by atoms with Crippen LogP contribution in [0.2, 0.25) is 0 Å². The van der Waals surface area contributed by atoms with Crippen molar-refractivity contribution in [3.05, 3.63) is 53.6 Å². The van der Waals surface area contributed by atoms with E-state index < -0.39 is 11.6 Å². The number of nitrogens with one attached hydrogen (secondary N) is 1. The summed E-state index contributed by atoms with van der Waals surface area (Å²) in [6, 6.07) is 10.0. The number of rotatable bonds is 3. The predicted molar refractivity (Wildman–Crippen MR) is 86.8 cm³/mol. The third-order valence-corrected chi connectivity index (χ3v) is 4.76. The van der Waals surface area contributed by atoms with Crippen LogP contribution in [0.4, 0.5) is 8.78 Å². The second-order valence-electron chi connectivity index (χ2n) is 6.08. The fourth-order valence-electron chi connectivity index (χ4n) is 3.35. The van der Waals surface area contributed by atoms with Crippen molar-refractivity contribution in [2.45, 2.75) is 25.2 Å². The van der Waals surface area contributed by atoms with Crippen molar-refractivity contribution < 1.29 is 13.5 Å². The highest BCUT2D eigenvalue weighted by Crippen LogP contribution is 2.45. The highest BCUT2D eigenvalue weighted by Gasteiger charge is 2.27. The lowest BCUT2D eigenvalue weighted by Gasteiger charge is -2.26. The summed E-state index contributed by atoms with van der Waals surface area (Å²) in [5, 5.41) is 0.665. The molecule has 2 nitrogen and oxygen atoms in total. The minimum atomic E-state index is -0.541. The molecule has 4 heteroatoms. The van der Waals surface area contributed by atoms with Crippen LogP contribution in [0.25, 0.3) is 22.2 Å². The van der Waals surface area contributed by atoms with Crippen LogP contribution in [-0.4, -0.2) is 12.1 Å². The topological polar surface area (TPSA) is 25.0 Å². The maximum atomic E-state index is 14.2. The molecule has 2 aromatic carbocycles. The van der Waals surface area contributed by atoms with E-state index in [9.17, 15) is 8.78 Å². The van der Waals surface area contributed by atoms with Crippen LogP contribution in [0, 0.1) is 11.6 Å². The average molecular weight is 313 g/mol. The van der Waals surface area contributed by atoms with E-state index in [0.717, 1.165) is 47.9 Å². The van der Waals surface area contributed by atoms with E-state index in [0.29, 0.717) is 16.8 Å². The summed E-state index contributed by atoms with van der Waals surface area (Å²) in [6.07, 6.45) is 3.29. The summed E-state index contributed by atoms with van der Waals surface area (Å²) in [6.45, 7) is 0.